The van der Waals surface area contributed by atoms with Crippen LogP contribution in [0.1, 0.15) is 54.0 Å². The summed E-state index contributed by atoms with van der Waals surface area (Å²) in [4.78, 5) is 19.5. The third-order valence-corrected chi connectivity index (χ3v) is 6.38. The number of carbonyl (C=O) groups excluding carboxylic acids is 1. The van der Waals surface area contributed by atoms with Gasteiger partial charge in [-0.3, -0.25) is 11.6 Å². The number of benzene rings is 1. The quantitative estimate of drug-likeness (QED) is 0.150. The summed E-state index contributed by atoms with van der Waals surface area (Å²) >= 11 is 0. The highest BCUT2D eigenvalue weighted by Gasteiger charge is 2.26. The second-order valence-corrected chi connectivity index (χ2v) is 8.66. The first kappa shape index (κ1) is 21.9. The van der Waals surface area contributed by atoms with Gasteiger partial charge in [0, 0.05) is 31.9 Å². The summed E-state index contributed by atoms with van der Waals surface area (Å²) in [6, 6.07) is 12.6. The van der Waals surface area contributed by atoms with Crippen LogP contribution in [-0.4, -0.2) is 41.4 Å². The maximum atomic E-state index is 12.9. The monoisotopic (exact) mass is 436 g/mol. The number of urea groups is 1. The molecule has 2 aromatic rings. The Kier molecular flexibility index (Phi) is 7.09. The van der Waals surface area contributed by atoms with E-state index < -0.39 is 0 Å². The summed E-state index contributed by atoms with van der Waals surface area (Å²) in [5.74, 6) is 7.30. The van der Waals surface area contributed by atoms with Crippen LogP contribution in [0.2, 0.25) is 0 Å². The van der Waals surface area contributed by atoms with Gasteiger partial charge in [0.1, 0.15) is 5.82 Å². The fraction of sp³-hybridized carbons (Fsp3) is 0.458. The van der Waals surface area contributed by atoms with Crippen LogP contribution in [-0.2, 0) is 19.4 Å². The molecule has 2 amide bonds. The van der Waals surface area contributed by atoms with Gasteiger partial charge in [0.25, 0.3) is 5.84 Å². The number of aromatic nitrogens is 1. The molecule has 4 rings (SSSR count). The number of fused-ring (bicyclic) bond motifs is 2. The number of hydrazone groups is 1. The number of nitrogens with zero attached hydrogens (tertiary/aromatic N) is 2. The molecule has 0 saturated carbocycles. The zero-order chi connectivity index (χ0) is 22.3. The van der Waals surface area contributed by atoms with Crippen molar-refractivity contribution in [1.82, 2.24) is 15.2 Å². The number of nitrogens with two attached hydrogens (primary N) is 2. The lowest BCUT2D eigenvalue weighted by Crippen LogP contribution is -2.82. The van der Waals surface area contributed by atoms with Crippen LogP contribution >= 0.6 is 0 Å². The van der Waals surface area contributed by atoms with Crippen LogP contribution in [0.4, 0.5) is 10.6 Å². The lowest BCUT2D eigenvalue weighted by Gasteiger charge is -2.21. The molecule has 0 fully saturated rings. The normalized spacial score (nSPS) is 18.2. The van der Waals surface area contributed by atoms with Crippen LogP contribution in [0.5, 0.6) is 0 Å². The van der Waals surface area contributed by atoms with E-state index in [4.69, 9.17) is 16.6 Å². The molecule has 7 N–H and O–H groups in total. The van der Waals surface area contributed by atoms with Gasteiger partial charge in [-0.2, -0.15) is 5.10 Å². The molecule has 0 radical (unpaired) electrons. The van der Waals surface area contributed by atoms with E-state index in [0.717, 1.165) is 50.2 Å². The van der Waals surface area contributed by atoms with Crippen LogP contribution in [0.25, 0.3) is 0 Å². The molecule has 1 aromatic heterocycles. The van der Waals surface area contributed by atoms with E-state index in [9.17, 15) is 4.79 Å². The third kappa shape index (κ3) is 5.30. The molecule has 2 aliphatic rings. The van der Waals surface area contributed by atoms with Gasteiger partial charge in [-0.25, -0.2) is 9.78 Å². The first-order chi connectivity index (χ1) is 15.6. The lowest BCUT2D eigenvalue weighted by atomic mass is 9.90. The van der Waals surface area contributed by atoms with E-state index >= 15 is 0 Å². The SMILES string of the molecule is N/[NH+]=C(\N)CC1CCN(C(=O)NCCCc2ccc3c(n2)NCCC3)Cc2ccccc21. The summed E-state index contributed by atoms with van der Waals surface area (Å²) in [7, 11) is 0. The summed E-state index contributed by atoms with van der Waals surface area (Å²) in [6.07, 6.45) is 5.47. The smallest absolute Gasteiger partial charge is 0.317 e. The average molecular weight is 437 g/mol. The molecule has 2 aliphatic heterocycles. The predicted octanol–water partition coefficient (Wildman–Crippen LogP) is 0.773. The first-order valence-electron chi connectivity index (χ1n) is 11.5. The number of amides is 2. The Labute approximate surface area is 189 Å². The lowest BCUT2D eigenvalue weighted by molar-refractivity contribution is -0.471. The molecular weight excluding hydrogens is 402 g/mol. The van der Waals surface area contributed by atoms with Crippen molar-refractivity contribution in [3.05, 3.63) is 58.8 Å². The van der Waals surface area contributed by atoms with Crippen LogP contribution in [0.3, 0.4) is 0 Å². The molecule has 0 bridgehead atoms. The number of anilines is 1. The van der Waals surface area contributed by atoms with E-state index in [1.807, 2.05) is 17.0 Å². The molecule has 170 valence electrons. The summed E-state index contributed by atoms with van der Waals surface area (Å²) in [5, 5.41) is 9.03. The maximum Gasteiger partial charge on any atom is 0.317 e. The Hall–Kier alpha value is -3.29. The Bertz CT molecular complexity index is 975. The number of hydrogen-bond donors (Lipinski definition) is 5. The Morgan fingerprint density at radius 3 is 3.00 bits per heavy atom. The van der Waals surface area contributed by atoms with Crippen molar-refractivity contribution >= 4 is 17.7 Å². The minimum absolute atomic E-state index is 0.0191. The van der Waals surface area contributed by atoms with Gasteiger partial charge in [-0.05, 0) is 60.8 Å². The minimum atomic E-state index is -0.0191. The highest BCUT2D eigenvalue weighted by Crippen LogP contribution is 2.30. The zero-order valence-corrected chi connectivity index (χ0v) is 18.6. The van der Waals surface area contributed by atoms with E-state index in [1.165, 1.54) is 16.7 Å². The van der Waals surface area contributed by atoms with Crippen LogP contribution < -0.4 is 27.3 Å². The van der Waals surface area contributed by atoms with Crippen molar-refractivity contribution in [2.45, 2.75) is 51.0 Å². The number of pyridine rings is 1. The van der Waals surface area contributed by atoms with Gasteiger partial charge >= 0.3 is 6.03 Å². The van der Waals surface area contributed by atoms with Gasteiger partial charge < -0.3 is 15.5 Å². The molecule has 1 aromatic carbocycles. The fourth-order valence-corrected chi connectivity index (χ4v) is 4.62. The highest BCUT2D eigenvalue weighted by atomic mass is 16.2. The number of carbonyl (C=O) groups is 1. The van der Waals surface area contributed by atoms with E-state index in [0.29, 0.717) is 31.9 Å². The molecule has 1 atom stereocenters. The van der Waals surface area contributed by atoms with Crippen LogP contribution in [0, 0.1) is 0 Å². The molecule has 0 saturated heterocycles. The van der Waals surface area contributed by atoms with Gasteiger partial charge in [0.05, 0.1) is 6.42 Å². The Morgan fingerprint density at radius 2 is 2.12 bits per heavy atom. The number of nitrogens with one attached hydrogen (secondary N) is 3. The standard InChI is InChI=1S/C24H33N7O/c25-22(30-26)15-18-11-14-31(16-19-5-1-2-8-21(18)19)24(32)28-13-4-7-20-10-9-17-6-3-12-27-23(17)29-20/h1-2,5,8-10,18H,3-4,6-7,11-16,26H2,(H2,25,30)(H,27,29)(H,28,32)/p+1. The zero-order valence-electron chi connectivity index (χ0n) is 18.6. The van der Waals surface area contributed by atoms with Crippen molar-refractivity contribution in [2.75, 3.05) is 25.0 Å². The van der Waals surface area contributed by atoms with E-state index in [1.54, 1.807) is 0 Å². The van der Waals surface area contributed by atoms with Crippen molar-refractivity contribution in [2.24, 2.45) is 11.6 Å². The summed E-state index contributed by atoms with van der Waals surface area (Å²) in [5.41, 5.74) is 10.7. The van der Waals surface area contributed by atoms with Crippen molar-refractivity contribution in [1.29, 1.82) is 0 Å². The minimum Gasteiger partial charge on any atom is -0.370 e. The maximum absolute atomic E-state index is 12.9. The molecular formula is C24H34N7O+. The Balaban J connectivity index is 1.30. The second kappa shape index (κ2) is 10.3. The highest BCUT2D eigenvalue weighted by molar-refractivity contribution is 5.76. The molecule has 0 spiro atoms. The Morgan fingerprint density at radius 1 is 1.25 bits per heavy atom. The third-order valence-electron chi connectivity index (χ3n) is 6.38. The molecule has 32 heavy (non-hydrogen) atoms. The first-order valence-corrected chi connectivity index (χ1v) is 11.5. The average Bonchev–Trinajstić information content (AvgIpc) is 3.01. The van der Waals surface area contributed by atoms with Crippen molar-refractivity contribution < 1.29 is 9.90 Å². The summed E-state index contributed by atoms with van der Waals surface area (Å²) < 4.78 is 0. The van der Waals surface area contributed by atoms with E-state index in [2.05, 4.69) is 40.0 Å². The predicted molar refractivity (Wildman–Crippen MR) is 126 cm³/mol. The second-order valence-electron chi connectivity index (χ2n) is 8.66. The van der Waals surface area contributed by atoms with E-state index in [-0.39, 0.29) is 11.9 Å². The van der Waals surface area contributed by atoms with Crippen molar-refractivity contribution in [3.8, 4) is 0 Å². The number of rotatable bonds is 6. The number of amidine groups is 1. The van der Waals surface area contributed by atoms with Gasteiger partial charge in [0.2, 0.25) is 0 Å². The largest absolute Gasteiger partial charge is 0.370 e. The summed E-state index contributed by atoms with van der Waals surface area (Å²) in [6.45, 7) is 2.91. The van der Waals surface area contributed by atoms with Gasteiger partial charge in [0.15, 0.2) is 0 Å². The topological polar surface area (TPSA) is 123 Å². The number of hydrazine groups is 1. The van der Waals surface area contributed by atoms with Crippen LogP contribution in [0.15, 0.2) is 36.4 Å². The number of hydrogen-bond acceptors (Lipinski definition) is 4. The van der Waals surface area contributed by atoms with Gasteiger partial charge in [-0.15, -0.1) is 0 Å². The molecule has 1 unspecified atom stereocenters. The fourth-order valence-electron chi connectivity index (χ4n) is 4.62. The number of aryl methyl sites for hydroxylation is 2. The molecule has 8 heteroatoms. The van der Waals surface area contributed by atoms with Crippen molar-refractivity contribution in [3.63, 3.8) is 0 Å². The molecule has 0 aliphatic carbocycles. The molecule has 3 heterocycles. The molecule has 8 nitrogen and oxygen atoms in total. The van der Waals surface area contributed by atoms with Gasteiger partial charge in [-0.1, -0.05) is 30.3 Å².